The molecule has 0 aliphatic carbocycles. The fraction of sp³-hybridized carbons (Fsp3) is 0.429. The van der Waals surface area contributed by atoms with E-state index >= 15 is 0 Å². The lowest BCUT2D eigenvalue weighted by Gasteiger charge is -2.13. The molecule has 86 valence electrons. The summed E-state index contributed by atoms with van der Waals surface area (Å²) < 4.78 is 13.3. The van der Waals surface area contributed by atoms with Gasteiger partial charge < -0.3 is 5.32 Å². The molecule has 0 aliphatic heterocycles. The SMILES string of the molecule is CC#CCCNC(C)c1ccc(C)c(F)c1. The van der Waals surface area contributed by atoms with Gasteiger partial charge in [0.05, 0.1) is 0 Å². The lowest BCUT2D eigenvalue weighted by atomic mass is 10.1. The van der Waals surface area contributed by atoms with Crippen molar-refractivity contribution in [3.8, 4) is 11.8 Å². The van der Waals surface area contributed by atoms with E-state index in [1.807, 2.05) is 26.0 Å². The van der Waals surface area contributed by atoms with E-state index in [2.05, 4.69) is 17.2 Å². The molecule has 0 amide bonds. The maximum atomic E-state index is 13.3. The number of hydrogen-bond donors (Lipinski definition) is 1. The molecule has 0 saturated carbocycles. The zero-order valence-corrected chi connectivity index (χ0v) is 10.1. The maximum absolute atomic E-state index is 13.3. The molecule has 1 rings (SSSR count). The van der Waals surface area contributed by atoms with Crippen LogP contribution in [0, 0.1) is 24.6 Å². The molecule has 2 heteroatoms. The van der Waals surface area contributed by atoms with Crippen LogP contribution in [0.25, 0.3) is 0 Å². The minimum Gasteiger partial charge on any atom is -0.309 e. The Morgan fingerprint density at radius 2 is 2.19 bits per heavy atom. The first-order valence-corrected chi connectivity index (χ1v) is 5.54. The van der Waals surface area contributed by atoms with E-state index in [0.29, 0.717) is 5.56 Å². The number of nitrogens with one attached hydrogen (secondary N) is 1. The molecule has 1 aromatic rings. The van der Waals surface area contributed by atoms with Gasteiger partial charge in [-0.3, -0.25) is 0 Å². The standard InChI is InChI=1S/C14H18FN/c1-4-5-6-9-16-12(3)13-8-7-11(2)14(15)10-13/h7-8,10,12,16H,6,9H2,1-3H3. The normalized spacial score (nSPS) is 11.8. The molecule has 0 radical (unpaired) electrons. The lowest BCUT2D eigenvalue weighted by Crippen LogP contribution is -2.19. The van der Waals surface area contributed by atoms with Crippen molar-refractivity contribution in [2.45, 2.75) is 33.2 Å². The monoisotopic (exact) mass is 219 g/mol. The minimum absolute atomic E-state index is 0.139. The van der Waals surface area contributed by atoms with Gasteiger partial charge in [0.15, 0.2) is 0 Å². The fourth-order valence-electron chi connectivity index (χ4n) is 1.47. The van der Waals surface area contributed by atoms with Gasteiger partial charge in [-0.2, -0.15) is 0 Å². The summed E-state index contributed by atoms with van der Waals surface area (Å²) in [6.45, 7) is 6.47. The molecule has 0 bridgehead atoms. The zero-order valence-electron chi connectivity index (χ0n) is 10.1. The van der Waals surface area contributed by atoms with Crippen molar-refractivity contribution in [2.75, 3.05) is 6.54 Å². The van der Waals surface area contributed by atoms with Crippen LogP contribution in [-0.2, 0) is 0 Å². The van der Waals surface area contributed by atoms with Crippen molar-refractivity contribution in [3.63, 3.8) is 0 Å². The van der Waals surface area contributed by atoms with Gasteiger partial charge in [-0.1, -0.05) is 12.1 Å². The first-order valence-electron chi connectivity index (χ1n) is 5.54. The summed E-state index contributed by atoms with van der Waals surface area (Å²) in [5, 5.41) is 3.31. The lowest BCUT2D eigenvalue weighted by molar-refractivity contribution is 0.570. The van der Waals surface area contributed by atoms with Crippen LogP contribution in [-0.4, -0.2) is 6.54 Å². The largest absolute Gasteiger partial charge is 0.309 e. The second kappa shape index (κ2) is 6.30. The summed E-state index contributed by atoms with van der Waals surface area (Å²) in [5.41, 5.74) is 1.67. The molecule has 0 aliphatic rings. The third-order valence-electron chi connectivity index (χ3n) is 2.57. The Bertz CT molecular complexity index is 401. The molecule has 0 aromatic heterocycles. The van der Waals surface area contributed by atoms with Crippen LogP contribution in [0.2, 0.25) is 0 Å². The van der Waals surface area contributed by atoms with Gasteiger partial charge in [-0.05, 0) is 38.0 Å². The van der Waals surface area contributed by atoms with Crippen LogP contribution >= 0.6 is 0 Å². The Morgan fingerprint density at radius 3 is 2.81 bits per heavy atom. The quantitative estimate of drug-likeness (QED) is 0.605. The highest BCUT2D eigenvalue weighted by atomic mass is 19.1. The van der Waals surface area contributed by atoms with E-state index in [1.54, 1.807) is 13.0 Å². The average molecular weight is 219 g/mol. The minimum atomic E-state index is -0.139. The molecule has 1 unspecified atom stereocenters. The van der Waals surface area contributed by atoms with Gasteiger partial charge in [0.2, 0.25) is 0 Å². The van der Waals surface area contributed by atoms with Crippen molar-refractivity contribution in [1.82, 2.24) is 5.32 Å². The molecule has 1 N–H and O–H groups in total. The van der Waals surface area contributed by atoms with E-state index < -0.39 is 0 Å². The molecule has 0 saturated heterocycles. The van der Waals surface area contributed by atoms with Gasteiger partial charge in [-0.15, -0.1) is 11.8 Å². The molecule has 16 heavy (non-hydrogen) atoms. The third kappa shape index (κ3) is 3.67. The predicted octanol–water partition coefficient (Wildman–Crippen LogP) is 3.20. The zero-order chi connectivity index (χ0) is 12.0. The first kappa shape index (κ1) is 12.7. The number of rotatable bonds is 4. The molecular weight excluding hydrogens is 201 g/mol. The molecule has 0 fully saturated rings. The summed E-state index contributed by atoms with van der Waals surface area (Å²) >= 11 is 0. The third-order valence-corrected chi connectivity index (χ3v) is 2.57. The number of benzene rings is 1. The van der Waals surface area contributed by atoms with Gasteiger partial charge in [0.1, 0.15) is 5.82 Å². The summed E-state index contributed by atoms with van der Waals surface area (Å²) in [6.07, 6.45) is 0.829. The van der Waals surface area contributed by atoms with Crippen LogP contribution in [0.15, 0.2) is 18.2 Å². The van der Waals surface area contributed by atoms with Crippen LogP contribution in [0.3, 0.4) is 0 Å². The Balaban J connectivity index is 2.54. The second-order valence-corrected chi connectivity index (χ2v) is 3.86. The summed E-state index contributed by atoms with van der Waals surface area (Å²) in [5.74, 6) is 5.70. The van der Waals surface area contributed by atoms with Crippen LogP contribution in [0.4, 0.5) is 4.39 Å². The number of aryl methyl sites for hydroxylation is 1. The van der Waals surface area contributed by atoms with Crippen molar-refractivity contribution in [3.05, 3.63) is 35.1 Å². The molecule has 1 atom stereocenters. The van der Waals surface area contributed by atoms with Crippen LogP contribution in [0.5, 0.6) is 0 Å². The molecule has 1 nitrogen and oxygen atoms in total. The Hall–Kier alpha value is -1.33. The van der Waals surface area contributed by atoms with E-state index in [-0.39, 0.29) is 11.9 Å². The van der Waals surface area contributed by atoms with Gasteiger partial charge >= 0.3 is 0 Å². The van der Waals surface area contributed by atoms with Crippen molar-refractivity contribution >= 4 is 0 Å². The Labute approximate surface area is 97.1 Å². The molecule has 1 aromatic carbocycles. The van der Waals surface area contributed by atoms with Crippen molar-refractivity contribution < 1.29 is 4.39 Å². The van der Waals surface area contributed by atoms with Gasteiger partial charge in [-0.25, -0.2) is 4.39 Å². The molecular formula is C14H18FN. The Kier molecular flexibility index (Phi) is 5.01. The van der Waals surface area contributed by atoms with E-state index in [4.69, 9.17) is 0 Å². The maximum Gasteiger partial charge on any atom is 0.126 e. The highest BCUT2D eigenvalue weighted by Gasteiger charge is 2.06. The van der Waals surface area contributed by atoms with E-state index in [0.717, 1.165) is 18.5 Å². The number of hydrogen-bond acceptors (Lipinski definition) is 1. The molecule has 0 spiro atoms. The topological polar surface area (TPSA) is 12.0 Å². The Morgan fingerprint density at radius 1 is 1.44 bits per heavy atom. The highest BCUT2D eigenvalue weighted by Crippen LogP contribution is 2.15. The second-order valence-electron chi connectivity index (χ2n) is 3.86. The van der Waals surface area contributed by atoms with Gasteiger partial charge in [0.25, 0.3) is 0 Å². The highest BCUT2D eigenvalue weighted by molar-refractivity contribution is 5.25. The molecule has 0 heterocycles. The summed E-state index contributed by atoms with van der Waals surface area (Å²) in [7, 11) is 0. The van der Waals surface area contributed by atoms with E-state index in [1.165, 1.54) is 0 Å². The van der Waals surface area contributed by atoms with Gasteiger partial charge in [0, 0.05) is 19.0 Å². The van der Waals surface area contributed by atoms with E-state index in [9.17, 15) is 4.39 Å². The summed E-state index contributed by atoms with van der Waals surface area (Å²) in [6, 6.07) is 5.53. The average Bonchev–Trinajstić information content (AvgIpc) is 2.28. The van der Waals surface area contributed by atoms with Crippen LogP contribution in [0.1, 0.15) is 37.4 Å². The van der Waals surface area contributed by atoms with Crippen molar-refractivity contribution in [1.29, 1.82) is 0 Å². The first-order chi connectivity index (χ1) is 7.65. The summed E-state index contributed by atoms with van der Waals surface area (Å²) in [4.78, 5) is 0. The van der Waals surface area contributed by atoms with Crippen molar-refractivity contribution in [2.24, 2.45) is 0 Å². The van der Waals surface area contributed by atoms with Crippen LogP contribution < -0.4 is 5.32 Å². The fourth-order valence-corrected chi connectivity index (χ4v) is 1.47. The predicted molar refractivity (Wildman–Crippen MR) is 65.6 cm³/mol. The number of halogens is 1. The smallest absolute Gasteiger partial charge is 0.126 e.